The molecule has 0 saturated heterocycles. The zero-order valence-electron chi connectivity index (χ0n) is 20.2. The third-order valence-corrected chi connectivity index (χ3v) is 7.97. The normalized spacial score (nSPS) is 14.8. The number of amides is 2. The number of rotatable bonds is 7. The molecule has 2 amide bonds. The van der Waals surface area contributed by atoms with Gasteiger partial charge in [-0.05, 0) is 48.1 Å². The van der Waals surface area contributed by atoms with Crippen molar-refractivity contribution in [3.63, 3.8) is 0 Å². The van der Waals surface area contributed by atoms with Crippen LogP contribution in [0.2, 0.25) is 0 Å². The van der Waals surface area contributed by atoms with E-state index >= 15 is 0 Å². The molecule has 0 aliphatic heterocycles. The Balaban J connectivity index is 1.36. The summed E-state index contributed by atoms with van der Waals surface area (Å²) in [5.41, 5.74) is 2.50. The average Bonchev–Trinajstić information content (AvgIpc) is 2.93. The minimum Gasteiger partial charge on any atom is -0.326 e. The third-order valence-electron chi connectivity index (χ3n) is 6.72. The molecule has 182 valence electrons. The molecular weight excluding hydrogens is 464 g/mol. The topological polar surface area (TPSA) is 58.2 Å². The Morgan fingerprint density at radius 1 is 0.750 bits per heavy atom. The molecule has 4 aromatic carbocycles. The van der Waals surface area contributed by atoms with Gasteiger partial charge >= 0.3 is 0 Å². The molecule has 1 fully saturated rings. The molecule has 0 aromatic heterocycles. The van der Waals surface area contributed by atoms with Crippen LogP contribution >= 0.6 is 11.8 Å². The summed E-state index contributed by atoms with van der Waals surface area (Å²) in [6, 6.07) is 31.6. The van der Waals surface area contributed by atoms with Crippen molar-refractivity contribution < 1.29 is 9.59 Å². The Morgan fingerprint density at radius 3 is 2.31 bits per heavy atom. The van der Waals surface area contributed by atoms with Crippen molar-refractivity contribution in [2.24, 2.45) is 5.92 Å². The van der Waals surface area contributed by atoms with Crippen molar-refractivity contribution in [2.45, 2.75) is 42.2 Å². The van der Waals surface area contributed by atoms with Gasteiger partial charge in [0.15, 0.2) is 0 Å². The first-order chi connectivity index (χ1) is 17.7. The molecular formula is C31H30N2O2S. The lowest BCUT2D eigenvalue weighted by molar-refractivity contribution is -0.120. The molecule has 2 N–H and O–H groups in total. The van der Waals surface area contributed by atoms with Crippen molar-refractivity contribution in [1.82, 2.24) is 0 Å². The highest BCUT2D eigenvalue weighted by atomic mass is 32.2. The summed E-state index contributed by atoms with van der Waals surface area (Å²) in [6.07, 6.45) is 5.39. The minimum atomic E-state index is -0.450. The standard InChI is InChI=1S/C31H30N2O2S/c34-30(24-14-5-2-6-15-24)32-25-17-10-18-26(21-25)36-29(23-12-3-1-4-13-23)31(35)33-28-20-9-16-22-11-7-8-19-27(22)28/h1,3-4,7-13,16-21,24,29H,2,5-6,14-15H2,(H,32,34)(H,33,35). The van der Waals surface area contributed by atoms with Crippen LogP contribution in [-0.4, -0.2) is 11.8 Å². The molecule has 4 aromatic rings. The van der Waals surface area contributed by atoms with E-state index < -0.39 is 5.25 Å². The van der Waals surface area contributed by atoms with E-state index in [2.05, 4.69) is 10.6 Å². The van der Waals surface area contributed by atoms with Crippen molar-refractivity contribution >= 4 is 45.7 Å². The fourth-order valence-electron chi connectivity index (χ4n) is 4.83. The molecule has 1 aliphatic carbocycles. The lowest BCUT2D eigenvalue weighted by Crippen LogP contribution is -2.24. The van der Waals surface area contributed by atoms with Gasteiger partial charge in [-0.1, -0.05) is 92.1 Å². The van der Waals surface area contributed by atoms with Crippen LogP contribution in [-0.2, 0) is 9.59 Å². The van der Waals surface area contributed by atoms with E-state index in [1.807, 2.05) is 97.1 Å². The quantitative estimate of drug-likeness (QED) is 0.257. The molecule has 1 aliphatic rings. The van der Waals surface area contributed by atoms with Gasteiger partial charge in [0.05, 0.1) is 0 Å². The van der Waals surface area contributed by atoms with E-state index in [1.54, 1.807) is 0 Å². The zero-order valence-corrected chi connectivity index (χ0v) is 21.0. The number of hydrogen-bond acceptors (Lipinski definition) is 3. The molecule has 0 spiro atoms. The van der Waals surface area contributed by atoms with Crippen LogP contribution in [0.15, 0.2) is 102 Å². The van der Waals surface area contributed by atoms with Gasteiger partial charge in [0, 0.05) is 27.6 Å². The Hall–Kier alpha value is -3.57. The molecule has 1 atom stereocenters. The third kappa shape index (κ3) is 5.80. The van der Waals surface area contributed by atoms with E-state index in [9.17, 15) is 9.59 Å². The van der Waals surface area contributed by atoms with Gasteiger partial charge < -0.3 is 10.6 Å². The second-order valence-corrected chi connectivity index (χ2v) is 10.5. The summed E-state index contributed by atoms with van der Waals surface area (Å²) < 4.78 is 0. The fourth-order valence-corrected chi connectivity index (χ4v) is 5.91. The number of fused-ring (bicyclic) bond motifs is 1. The first-order valence-corrected chi connectivity index (χ1v) is 13.5. The Bertz CT molecular complexity index is 1340. The molecule has 0 heterocycles. The maximum atomic E-state index is 13.6. The SMILES string of the molecule is O=C(Nc1cccc(SC(C(=O)Nc2cccc3ccccc23)c2ccccc2)c1)C1CCCCC1. The maximum Gasteiger partial charge on any atom is 0.242 e. The number of carbonyl (C=O) groups is 2. The van der Waals surface area contributed by atoms with Gasteiger partial charge in [0.1, 0.15) is 5.25 Å². The monoisotopic (exact) mass is 494 g/mol. The lowest BCUT2D eigenvalue weighted by atomic mass is 9.88. The summed E-state index contributed by atoms with van der Waals surface area (Å²) in [4.78, 5) is 27.3. The second-order valence-electron chi connectivity index (χ2n) is 9.28. The Kier molecular flexibility index (Phi) is 7.67. The maximum absolute atomic E-state index is 13.6. The number of carbonyl (C=O) groups excluding carboxylic acids is 2. The predicted octanol–water partition coefficient (Wildman–Crippen LogP) is 7.83. The highest BCUT2D eigenvalue weighted by Gasteiger charge is 2.24. The summed E-state index contributed by atoms with van der Waals surface area (Å²) in [7, 11) is 0. The van der Waals surface area contributed by atoms with Crippen molar-refractivity contribution in [2.75, 3.05) is 10.6 Å². The summed E-state index contributed by atoms with van der Waals surface area (Å²) >= 11 is 1.49. The smallest absolute Gasteiger partial charge is 0.242 e. The number of hydrogen-bond donors (Lipinski definition) is 2. The van der Waals surface area contributed by atoms with E-state index in [4.69, 9.17) is 0 Å². The van der Waals surface area contributed by atoms with Crippen molar-refractivity contribution in [3.8, 4) is 0 Å². The number of nitrogens with one attached hydrogen (secondary N) is 2. The molecule has 0 bridgehead atoms. The Labute approximate surface area is 216 Å². The van der Waals surface area contributed by atoms with E-state index in [1.165, 1.54) is 18.2 Å². The van der Waals surface area contributed by atoms with Crippen LogP contribution in [0.3, 0.4) is 0 Å². The summed E-state index contributed by atoms with van der Waals surface area (Å²) in [5, 5.41) is 7.91. The molecule has 4 nitrogen and oxygen atoms in total. The van der Waals surface area contributed by atoms with Crippen molar-refractivity contribution in [1.29, 1.82) is 0 Å². The van der Waals surface area contributed by atoms with Crippen LogP contribution in [0, 0.1) is 5.92 Å². The highest BCUT2D eigenvalue weighted by molar-refractivity contribution is 8.00. The minimum absolute atomic E-state index is 0.0841. The van der Waals surface area contributed by atoms with Gasteiger partial charge in [-0.3, -0.25) is 9.59 Å². The molecule has 0 radical (unpaired) electrons. The van der Waals surface area contributed by atoms with E-state index in [0.717, 1.165) is 58.3 Å². The van der Waals surface area contributed by atoms with Gasteiger partial charge in [-0.2, -0.15) is 0 Å². The summed E-state index contributed by atoms with van der Waals surface area (Å²) in [6.45, 7) is 0. The first-order valence-electron chi connectivity index (χ1n) is 12.6. The first kappa shape index (κ1) is 24.1. The van der Waals surface area contributed by atoms with Crippen LogP contribution in [0.4, 0.5) is 11.4 Å². The lowest BCUT2D eigenvalue weighted by Gasteiger charge is -2.21. The van der Waals surface area contributed by atoms with Gasteiger partial charge in [0.25, 0.3) is 0 Å². The Morgan fingerprint density at radius 2 is 1.47 bits per heavy atom. The predicted molar refractivity (Wildman–Crippen MR) is 149 cm³/mol. The fraction of sp³-hybridized carbons (Fsp3) is 0.226. The van der Waals surface area contributed by atoms with Gasteiger partial charge in [0.2, 0.25) is 11.8 Å². The van der Waals surface area contributed by atoms with Gasteiger partial charge in [-0.25, -0.2) is 0 Å². The number of benzene rings is 4. The summed E-state index contributed by atoms with van der Waals surface area (Å²) in [5.74, 6) is 0.114. The number of anilines is 2. The molecule has 1 saturated carbocycles. The molecule has 36 heavy (non-hydrogen) atoms. The van der Waals surface area contributed by atoms with Crippen molar-refractivity contribution in [3.05, 3.63) is 103 Å². The molecule has 5 rings (SSSR count). The van der Waals surface area contributed by atoms with Crippen LogP contribution in [0.1, 0.15) is 42.9 Å². The average molecular weight is 495 g/mol. The highest BCUT2D eigenvalue weighted by Crippen LogP contribution is 2.38. The zero-order chi connectivity index (χ0) is 24.7. The largest absolute Gasteiger partial charge is 0.326 e. The van der Waals surface area contributed by atoms with Crippen LogP contribution in [0.5, 0.6) is 0 Å². The molecule has 1 unspecified atom stereocenters. The molecule has 5 heteroatoms. The second kappa shape index (κ2) is 11.4. The van der Waals surface area contributed by atoms with Crippen LogP contribution < -0.4 is 10.6 Å². The number of thioether (sulfide) groups is 1. The van der Waals surface area contributed by atoms with E-state index in [-0.39, 0.29) is 17.7 Å². The van der Waals surface area contributed by atoms with Crippen LogP contribution in [0.25, 0.3) is 10.8 Å². The van der Waals surface area contributed by atoms with E-state index in [0.29, 0.717) is 0 Å². The van der Waals surface area contributed by atoms with Gasteiger partial charge in [-0.15, -0.1) is 11.8 Å².